The summed E-state index contributed by atoms with van der Waals surface area (Å²) in [4.78, 5) is 4.21. The number of ether oxygens (including phenoxy) is 1. The number of rotatable bonds is 5. The Labute approximate surface area is 97.4 Å². The van der Waals surface area contributed by atoms with Crippen molar-refractivity contribution >= 4 is 22.4 Å². The van der Waals surface area contributed by atoms with Gasteiger partial charge in [0.25, 0.3) is 0 Å². The van der Waals surface area contributed by atoms with Gasteiger partial charge in [-0.15, -0.1) is 0 Å². The summed E-state index contributed by atoms with van der Waals surface area (Å²) in [5.41, 5.74) is 0.909. The van der Waals surface area contributed by atoms with Gasteiger partial charge in [-0.25, -0.2) is 4.98 Å². The summed E-state index contributed by atoms with van der Waals surface area (Å²) >= 11 is 1.34. The minimum absolute atomic E-state index is 0.652. The molecule has 0 aliphatic carbocycles. The van der Waals surface area contributed by atoms with Gasteiger partial charge < -0.3 is 10.1 Å². The first kappa shape index (κ1) is 11.0. The zero-order valence-electron chi connectivity index (χ0n) is 9.17. The quantitative estimate of drug-likeness (QED) is 0.855. The number of nitrogens with one attached hydrogen (secondary N) is 1. The Morgan fingerprint density at radius 3 is 3.12 bits per heavy atom. The number of aromatic nitrogens is 4. The molecule has 0 unspecified atom stereocenters. The molecule has 6 nitrogen and oxygen atoms in total. The molecule has 0 aromatic carbocycles. The molecule has 0 saturated carbocycles. The summed E-state index contributed by atoms with van der Waals surface area (Å²) in [6.07, 6.45) is 3.67. The lowest BCUT2D eigenvalue weighted by Gasteiger charge is -1.98. The van der Waals surface area contributed by atoms with E-state index in [9.17, 15) is 0 Å². The van der Waals surface area contributed by atoms with E-state index in [0.29, 0.717) is 6.61 Å². The van der Waals surface area contributed by atoms with E-state index in [-0.39, 0.29) is 0 Å². The summed E-state index contributed by atoms with van der Waals surface area (Å²) in [5.74, 6) is 0.777. The molecule has 0 saturated heterocycles. The van der Waals surface area contributed by atoms with Crippen LogP contribution in [0, 0.1) is 6.92 Å². The van der Waals surface area contributed by atoms with E-state index in [0.717, 1.165) is 23.2 Å². The summed E-state index contributed by atoms with van der Waals surface area (Å²) < 4.78 is 10.9. The fourth-order valence-electron chi connectivity index (χ4n) is 1.21. The van der Waals surface area contributed by atoms with E-state index in [1.165, 1.54) is 11.5 Å². The van der Waals surface area contributed by atoms with Crippen molar-refractivity contribution in [1.82, 2.24) is 19.1 Å². The van der Waals surface area contributed by atoms with Crippen LogP contribution in [-0.2, 0) is 11.3 Å². The third kappa shape index (κ3) is 2.77. The molecule has 0 atom stereocenters. The number of hydrogen-bond donors (Lipinski definition) is 1. The smallest absolute Gasteiger partial charge is 0.207 e. The van der Waals surface area contributed by atoms with E-state index in [1.54, 1.807) is 13.3 Å². The maximum atomic E-state index is 4.98. The van der Waals surface area contributed by atoms with E-state index in [1.807, 2.05) is 17.8 Å². The fourth-order valence-corrected chi connectivity index (χ4v) is 1.80. The molecule has 2 rings (SSSR count). The summed E-state index contributed by atoms with van der Waals surface area (Å²) in [6.45, 7) is 3.26. The summed E-state index contributed by atoms with van der Waals surface area (Å²) in [6, 6.07) is 0. The van der Waals surface area contributed by atoms with Crippen molar-refractivity contribution in [2.24, 2.45) is 0 Å². The highest BCUT2D eigenvalue weighted by molar-refractivity contribution is 7.09. The molecule has 86 valence electrons. The molecule has 16 heavy (non-hydrogen) atoms. The molecule has 0 radical (unpaired) electrons. The van der Waals surface area contributed by atoms with Crippen LogP contribution in [0.25, 0.3) is 0 Å². The van der Waals surface area contributed by atoms with Crippen molar-refractivity contribution in [3.8, 4) is 0 Å². The lowest BCUT2D eigenvalue weighted by atomic mass is 10.6. The predicted molar refractivity (Wildman–Crippen MR) is 62.0 cm³/mol. The minimum atomic E-state index is 0.652. The van der Waals surface area contributed by atoms with Crippen LogP contribution < -0.4 is 5.32 Å². The van der Waals surface area contributed by atoms with E-state index < -0.39 is 0 Å². The fraction of sp³-hybridized carbons (Fsp3) is 0.444. The maximum absolute atomic E-state index is 4.98. The highest BCUT2D eigenvalue weighted by Gasteiger charge is 2.02. The van der Waals surface area contributed by atoms with E-state index in [4.69, 9.17) is 4.74 Å². The van der Waals surface area contributed by atoms with Crippen molar-refractivity contribution < 1.29 is 4.74 Å². The van der Waals surface area contributed by atoms with Gasteiger partial charge in [-0.1, -0.05) is 0 Å². The molecule has 2 heterocycles. The molecule has 0 amide bonds. The lowest BCUT2D eigenvalue weighted by Crippen LogP contribution is -2.03. The molecule has 7 heteroatoms. The molecule has 0 aliphatic rings. The predicted octanol–water partition coefficient (Wildman–Crippen LogP) is 1.43. The largest absolute Gasteiger partial charge is 0.383 e. The lowest BCUT2D eigenvalue weighted by molar-refractivity contribution is 0.183. The van der Waals surface area contributed by atoms with Gasteiger partial charge in [0.1, 0.15) is 5.82 Å². The monoisotopic (exact) mass is 239 g/mol. The zero-order valence-corrected chi connectivity index (χ0v) is 9.99. The Bertz CT molecular complexity index is 452. The van der Waals surface area contributed by atoms with Gasteiger partial charge in [0.15, 0.2) is 0 Å². The number of aryl methyl sites for hydroxylation is 1. The van der Waals surface area contributed by atoms with Crippen molar-refractivity contribution in [1.29, 1.82) is 0 Å². The van der Waals surface area contributed by atoms with Gasteiger partial charge in [-0.2, -0.15) is 9.47 Å². The molecule has 2 aromatic rings. The third-order valence-electron chi connectivity index (χ3n) is 1.94. The first-order chi connectivity index (χ1) is 7.78. The van der Waals surface area contributed by atoms with Crippen molar-refractivity contribution in [2.75, 3.05) is 19.0 Å². The standard InChI is InChI=1S/C9H13N5OS/c1-7-11-9(16-13-7)12-8-5-10-14(6-8)3-4-15-2/h5-6H,3-4H2,1-2H3,(H,11,12,13). The van der Waals surface area contributed by atoms with E-state index >= 15 is 0 Å². The topological polar surface area (TPSA) is 64.9 Å². The van der Waals surface area contributed by atoms with Crippen LogP contribution >= 0.6 is 11.5 Å². The first-order valence-electron chi connectivity index (χ1n) is 4.86. The molecular weight excluding hydrogens is 226 g/mol. The molecular formula is C9H13N5OS. The summed E-state index contributed by atoms with van der Waals surface area (Å²) in [5, 5.41) is 8.11. The van der Waals surface area contributed by atoms with Crippen LogP contribution in [0.1, 0.15) is 5.82 Å². The maximum Gasteiger partial charge on any atom is 0.207 e. The van der Waals surface area contributed by atoms with Gasteiger partial charge in [-0.3, -0.25) is 4.68 Å². The Morgan fingerprint density at radius 1 is 1.56 bits per heavy atom. The number of anilines is 2. The van der Waals surface area contributed by atoms with Gasteiger partial charge in [-0.05, 0) is 6.92 Å². The van der Waals surface area contributed by atoms with Gasteiger partial charge >= 0.3 is 0 Å². The number of hydrogen-bond acceptors (Lipinski definition) is 6. The van der Waals surface area contributed by atoms with Crippen molar-refractivity contribution in [3.63, 3.8) is 0 Å². The highest BCUT2D eigenvalue weighted by atomic mass is 32.1. The molecule has 0 bridgehead atoms. The SMILES string of the molecule is COCCn1cc(Nc2nc(C)ns2)cn1. The van der Waals surface area contributed by atoms with Crippen LogP contribution in [0.4, 0.5) is 10.8 Å². The van der Waals surface area contributed by atoms with Crippen LogP contribution in [0.2, 0.25) is 0 Å². The number of nitrogens with zero attached hydrogens (tertiary/aromatic N) is 4. The molecule has 0 fully saturated rings. The Morgan fingerprint density at radius 2 is 2.44 bits per heavy atom. The zero-order chi connectivity index (χ0) is 11.4. The molecule has 0 spiro atoms. The third-order valence-corrected chi connectivity index (χ3v) is 2.66. The van der Waals surface area contributed by atoms with Crippen LogP contribution in [0.15, 0.2) is 12.4 Å². The molecule has 1 N–H and O–H groups in total. The van der Waals surface area contributed by atoms with Gasteiger partial charge in [0.2, 0.25) is 5.13 Å². The van der Waals surface area contributed by atoms with Crippen LogP contribution in [-0.4, -0.2) is 32.9 Å². The normalized spacial score (nSPS) is 10.6. The second-order valence-corrected chi connectivity index (χ2v) is 4.01. The van der Waals surface area contributed by atoms with Crippen LogP contribution in [0.3, 0.4) is 0 Å². The molecule has 2 aromatic heterocycles. The highest BCUT2D eigenvalue weighted by Crippen LogP contribution is 2.17. The first-order valence-corrected chi connectivity index (χ1v) is 5.64. The Balaban J connectivity index is 1.97. The minimum Gasteiger partial charge on any atom is -0.383 e. The van der Waals surface area contributed by atoms with E-state index in [2.05, 4.69) is 19.8 Å². The van der Waals surface area contributed by atoms with Crippen molar-refractivity contribution in [2.45, 2.75) is 13.5 Å². The summed E-state index contributed by atoms with van der Waals surface area (Å²) in [7, 11) is 1.67. The molecule has 0 aliphatic heterocycles. The average Bonchev–Trinajstić information content (AvgIpc) is 2.86. The second-order valence-electron chi connectivity index (χ2n) is 3.26. The average molecular weight is 239 g/mol. The van der Waals surface area contributed by atoms with Gasteiger partial charge in [0.05, 0.1) is 25.0 Å². The Kier molecular flexibility index (Phi) is 3.47. The van der Waals surface area contributed by atoms with Gasteiger partial charge in [0, 0.05) is 24.8 Å². The second kappa shape index (κ2) is 5.04. The number of methoxy groups -OCH3 is 1. The van der Waals surface area contributed by atoms with Crippen LogP contribution in [0.5, 0.6) is 0 Å². The Hall–Kier alpha value is -1.47. The van der Waals surface area contributed by atoms with Crippen molar-refractivity contribution in [3.05, 3.63) is 18.2 Å².